The zero-order valence-corrected chi connectivity index (χ0v) is 15.3. The Morgan fingerprint density at radius 1 is 1.07 bits per heavy atom. The second kappa shape index (κ2) is 8.80. The molecule has 0 aliphatic rings. The highest BCUT2D eigenvalue weighted by molar-refractivity contribution is 6.04. The Morgan fingerprint density at radius 2 is 1.81 bits per heavy atom. The second-order valence-corrected chi connectivity index (χ2v) is 5.95. The minimum absolute atomic E-state index is 0.0516. The van der Waals surface area contributed by atoms with Crippen LogP contribution in [0, 0.1) is 0 Å². The summed E-state index contributed by atoms with van der Waals surface area (Å²) in [6, 6.07) is 19.0. The molecule has 0 saturated heterocycles. The fourth-order valence-corrected chi connectivity index (χ4v) is 2.64. The van der Waals surface area contributed by atoms with Crippen molar-refractivity contribution in [2.24, 2.45) is 0 Å². The summed E-state index contributed by atoms with van der Waals surface area (Å²) in [6.07, 6.45) is 1.38. The van der Waals surface area contributed by atoms with Crippen LogP contribution in [0.5, 0.6) is 5.75 Å². The normalized spacial score (nSPS) is 11.5. The van der Waals surface area contributed by atoms with E-state index in [1.807, 2.05) is 62.4 Å². The molecule has 0 fully saturated rings. The van der Waals surface area contributed by atoms with Crippen molar-refractivity contribution in [2.75, 3.05) is 17.2 Å². The third-order valence-electron chi connectivity index (χ3n) is 4.00. The molecule has 2 N–H and O–H groups in total. The quantitative estimate of drug-likeness (QED) is 0.655. The number of carbonyl (C=O) groups excluding carboxylic acids is 1. The van der Waals surface area contributed by atoms with E-state index in [1.54, 1.807) is 12.1 Å². The summed E-state index contributed by atoms with van der Waals surface area (Å²) in [4.78, 5) is 20.9. The van der Waals surface area contributed by atoms with Crippen molar-refractivity contribution < 1.29 is 9.53 Å². The minimum Gasteiger partial charge on any atom is -0.492 e. The molecule has 3 aromatic rings. The van der Waals surface area contributed by atoms with Gasteiger partial charge in [0.05, 0.1) is 12.3 Å². The van der Waals surface area contributed by atoms with Gasteiger partial charge >= 0.3 is 0 Å². The first-order chi connectivity index (χ1) is 13.2. The maximum absolute atomic E-state index is 12.6. The number of benzene rings is 2. The minimum atomic E-state index is -0.319. The van der Waals surface area contributed by atoms with E-state index in [2.05, 4.69) is 20.6 Å². The van der Waals surface area contributed by atoms with Gasteiger partial charge in [-0.05, 0) is 31.5 Å². The van der Waals surface area contributed by atoms with E-state index >= 15 is 0 Å². The predicted octanol–water partition coefficient (Wildman–Crippen LogP) is 4.30. The highest BCUT2D eigenvalue weighted by Crippen LogP contribution is 2.24. The van der Waals surface area contributed by atoms with Gasteiger partial charge in [0, 0.05) is 12.1 Å². The summed E-state index contributed by atoms with van der Waals surface area (Å²) < 4.78 is 5.54. The molecule has 1 aromatic heterocycles. The zero-order chi connectivity index (χ0) is 19.1. The first-order valence-electron chi connectivity index (χ1n) is 8.84. The summed E-state index contributed by atoms with van der Waals surface area (Å²) >= 11 is 0. The van der Waals surface area contributed by atoms with Crippen molar-refractivity contribution >= 4 is 17.4 Å². The molecule has 1 heterocycles. The summed E-state index contributed by atoms with van der Waals surface area (Å²) in [5, 5.41) is 6.14. The summed E-state index contributed by atoms with van der Waals surface area (Å²) in [7, 11) is 0. The number of para-hydroxylation sites is 2. The fraction of sp³-hybridized carbons (Fsp3) is 0.190. The molecule has 0 aliphatic heterocycles. The molecular weight excluding hydrogens is 340 g/mol. The van der Waals surface area contributed by atoms with E-state index in [9.17, 15) is 4.79 Å². The van der Waals surface area contributed by atoms with Crippen LogP contribution in [0.15, 0.2) is 67.0 Å². The molecule has 0 saturated carbocycles. The van der Waals surface area contributed by atoms with Crippen LogP contribution in [0.25, 0.3) is 0 Å². The van der Waals surface area contributed by atoms with Crippen molar-refractivity contribution in [3.63, 3.8) is 0 Å². The van der Waals surface area contributed by atoms with Gasteiger partial charge in [0.1, 0.15) is 23.6 Å². The van der Waals surface area contributed by atoms with Crippen molar-refractivity contribution in [1.29, 1.82) is 0 Å². The average Bonchev–Trinajstić information content (AvgIpc) is 2.70. The summed E-state index contributed by atoms with van der Waals surface area (Å²) in [5.74, 6) is 0.892. The number of nitrogens with one attached hydrogen (secondary N) is 2. The molecule has 1 atom stereocenters. The standard InChI is InChI=1S/C21H22N4O2/c1-3-27-19-12-8-7-11-17(19)25-21(26)18-13-20(23-14-22-18)24-15(2)16-9-5-4-6-10-16/h4-15H,3H2,1-2H3,(H,25,26)(H,22,23,24). The topological polar surface area (TPSA) is 76.1 Å². The second-order valence-electron chi connectivity index (χ2n) is 5.95. The Bertz CT molecular complexity index is 899. The van der Waals surface area contributed by atoms with Crippen LogP contribution in [-0.4, -0.2) is 22.5 Å². The largest absolute Gasteiger partial charge is 0.492 e. The van der Waals surface area contributed by atoms with Crippen LogP contribution in [0.3, 0.4) is 0 Å². The van der Waals surface area contributed by atoms with Crippen LogP contribution in [0.1, 0.15) is 35.9 Å². The van der Waals surface area contributed by atoms with Crippen LogP contribution < -0.4 is 15.4 Å². The maximum Gasteiger partial charge on any atom is 0.274 e. The van der Waals surface area contributed by atoms with E-state index < -0.39 is 0 Å². The highest BCUT2D eigenvalue weighted by Gasteiger charge is 2.13. The molecule has 2 aromatic carbocycles. The molecule has 6 heteroatoms. The summed E-state index contributed by atoms with van der Waals surface area (Å²) in [5.41, 5.74) is 2.02. The van der Waals surface area contributed by atoms with Crippen LogP contribution in [0.2, 0.25) is 0 Å². The lowest BCUT2D eigenvalue weighted by atomic mass is 10.1. The van der Waals surface area contributed by atoms with Gasteiger partial charge in [0.2, 0.25) is 0 Å². The average molecular weight is 362 g/mol. The van der Waals surface area contributed by atoms with Gasteiger partial charge in [-0.1, -0.05) is 42.5 Å². The molecular formula is C21H22N4O2. The molecule has 1 unspecified atom stereocenters. The Morgan fingerprint density at radius 3 is 2.59 bits per heavy atom. The maximum atomic E-state index is 12.6. The van der Waals surface area contributed by atoms with Crippen molar-refractivity contribution in [3.05, 3.63) is 78.2 Å². The smallest absolute Gasteiger partial charge is 0.274 e. The van der Waals surface area contributed by atoms with E-state index in [-0.39, 0.29) is 17.6 Å². The number of hydrogen-bond donors (Lipinski definition) is 2. The number of anilines is 2. The lowest BCUT2D eigenvalue weighted by molar-refractivity contribution is 0.102. The monoisotopic (exact) mass is 362 g/mol. The van der Waals surface area contributed by atoms with Crippen molar-refractivity contribution in [1.82, 2.24) is 9.97 Å². The molecule has 0 aliphatic carbocycles. The van der Waals surface area contributed by atoms with Gasteiger partial charge in [0.25, 0.3) is 5.91 Å². The zero-order valence-electron chi connectivity index (χ0n) is 15.3. The molecule has 0 spiro atoms. The molecule has 0 radical (unpaired) electrons. The Balaban J connectivity index is 1.72. The van der Waals surface area contributed by atoms with Gasteiger partial charge in [-0.2, -0.15) is 0 Å². The van der Waals surface area contributed by atoms with Gasteiger partial charge in [-0.3, -0.25) is 4.79 Å². The fourth-order valence-electron chi connectivity index (χ4n) is 2.64. The Labute approximate surface area is 158 Å². The van der Waals surface area contributed by atoms with E-state index in [1.165, 1.54) is 6.33 Å². The molecule has 0 bridgehead atoms. The number of ether oxygens (including phenoxy) is 1. The number of nitrogens with zero attached hydrogens (tertiary/aromatic N) is 2. The molecule has 1 amide bonds. The van der Waals surface area contributed by atoms with Crippen LogP contribution in [-0.2, 0) is 0 Å². The lowest BCUT2D eigenvalue weighted by Gasteiger charge is -2.15. The molecule has 27 heavy (non-hydrogen) atoms. The number of hydrogen-bond acceptors (Lipinski definition) is 5. The number of rotatable bonds is 7. The third-order valence-corrected chi connectivity index (χ3v) is 4.00. The van der Waals surface area contributed by atoms with Crippen LogP contribution in [0.4, 0.5) is 11.5 Å². The van der Waals surface area contributed by atoms with Gasteiger partial charge in [0.15, 0.2) is 0 Å². The van der Waals surface area contributed by atoms with Crippen molar-refractivity contribution in [3.8, 4) is 5.75 Å². The van der Waals surface area contributed by atoms with E-state index in [4.69, 9.17) is 4.74 Å². The Kier molecular flexibility index (Phi) is 5.99. The SMILES string of the molecule is CCOc1ccccc1NC(=O)c1cc(NC(C)c2ccccc2)ncn1. The predicted molar refractivity (Wildman–Crippen MR) is 106 cm³/mol. The van der Waals surface area contributed by atoms with Gasteiger partial charge < -0.3 is 15.4 Å². The van der Waals surface area contributed by atoms with E-state index in [0.717, 1.165) is 5.56 Å². The van der Waals surface area contributed by atoms with Gasteiger partial charge in [-0.15, -0.1) is 0 Å². The van der Waals surface area contributed by atoms with Crippen LogP contribution >= 0.6 is 0 Å². The van der Waals surface area contributed by atoms with E-state index in [0.29, 0.717) is 23.9 Å². The Hall–Kier alpha value is -3.41. The molecule has 3 rings (SSSR count). The summed E-state index contributed by atoms with van der Waals surface area (Å²) in [6.45, 7) is 4.45. The lowest BCUT2D eigenvalue weighted by Crippen LogP contribution is -2.16. The number of amides is 1. The first kappa shape index (κ1) is 18.4. The highest BCUT2D eigenvalue weighted by atomic mass is 16.5. The first-order valence-corrected chi connectivity index (χ1v) is 8.84. The number of aromatic nitrogens is 2. The molecule has 6 nitrogen and oxygen atoms in total. The van der Waals surface area contributed by atoms with Crippen molar-refractivity contribution in [2.45, 2.75) is 19.9 Å². The number of carbonyl (C=O) groups is 1. The molecule has 138 valence electrons. The third kappa shape index (κ3) is 4.82. The van der Waals surface area contributed by atoms with Gasteiger partial charge in [-0.25, -0.2) is 9.97 Å².